The highest BCUT2D eigenvalue weighted by Crippen LogP contribution is 2.89. The molecule has 0 aromatic heterocycles. The largest absolute Gasteiger partial charge is 0.394 e. The average Bonchev–Trinajstić information content (AvgIpc) is 3.63. The number of hydrogen-bond donors (Lipinski definition) is 12. The molecular weight excluding hydrogens is 868 g/mol. The van der Waals surface area contributed by atoms with E-state index in [2.05, 4.69) is 34.6 Å². The maximum atomic E-state index is 12.5. The lowest BCUT2D eigenvalue weighted by molar-refractivity contribution is -0.339. The van der Waals surface area contributed by atoms with Crippen molar-refractivity contribution in [2.45, 2.75) is 228 Å². The van der Waals surface area contributed by atoms with Gasteiger partial charge in [0.05, 0.1) is 55.4 Å². The number of fused-ring (bicyclic) bond motifs is 2. The maximum Gasteiger partial charge on any atom is 0.187 e. The third-order valence-electron chi connectivity index (χ3n) is 19.9. The fraction of sp³-hybridized carbons (Fsp3) is 1.00. The molecule has 2 spiro atoms. The quantitative estimate of drug-likeness (QED) is 0.112. The molecule has 4 saturated heterocycles. The molecule has 4 heterocycles. The summed E-state index contributed by atoms with van der Waals surface area (Å²) in [6.45, 7) is 13.0. The molecule has 0 amide bonds. The molecule has 19 heteroatoms. The van der Waals surface area contributed by atoms with Crippen molar-refractivity contribution in [2.24, 2.45) is 44.8 Å². The first-order chi connectivity index (χ1) is 30.8. The zero-order valence-corrected chi connectivity index (χ0v) is 39.3. The number of ether oxygens (including phenoxy) is 7. The van der Waals surface area contributed by atoms with Crippen LogP contribution in [0.4, 0.5) is 0 Å². The van der Waals surface area contributed by atoms with Crippen LogP contribution in [0.15, 0.2) is 0 Å². The predicted octanol–water partition coefficient (Wildman–Crippen LogP) is -1.45. The van der Waals surface area contributed by atoms with Crippen LogP contribution in [0.5, 0.6) is 0 Å². The second kappa shape index (κ2) is 16.9. The third-order valence-corrected chi connectivity index (χ3v) is 19.9. The van der Waals surface area contributed by atoms with Crippen molar-refractivity contribution < 1.29 is 94.4 Å². The van der Waals surface area contributed by atoms with Crippen LogP contribution >= 0.6 is 0 Å². The first kappa shape index (κ1) is 50.2. The zero-order valence-electron chi connectivity index (χ0n) is 39.3. The maximum absolute atomic E-state index is 12.5. The van der Waals surface area contributed by atoms with Crippen LogP contribution < -0.4 is 0 Å². The molecule has 0 unspecified atom stereocenters. The second-order valence-corrected chi connectivity index (χ2v) is 23.8. The van der Waals surface area contributed by atoms with Crippen LogP contribution in [0.25, 0.3) is 0 Å². The minimum Gasteiger partial charge on any atom is -0.394 e. The van der Waals surface area contributed by atoms with Crippen molar-refractivity contribution in [1.29, 1.82) is 0 Å². The average molecular weight is 947 g/mol. The zero-order chi connectivity index (χ0) is 48.1. The first-order valence-corrected chi connectivity index (χ1v) is 24.4. The smallest absolute Gasteiger partial charge is 0.187 e. The van der Waals surface area contributed by atoms with E-state index in [1.807, 2.05) is 13.8 Å². The highest BCUT2D eigenvalue weighted by Gasteiger charge is 2.85. The molecule has 0 bridgehead atoms. The fourth-order valence-electron chi connectivity index (χ4n) is 16.4. The van der Waals surface area contributed by atoms with Gasteiger partial charge in [0.25, 0.3) is 0 Å². The van der Waals surface area contributed by atoms with E-state index in [0.29, 0.717) is 32.1 Å². The Hall–Kier alpha value is -0.760. The summed E-state index contributed by atoms with van der Waals surface area (Å²) in [6, 6.07) is 0. The number of rotatable bonds is 10. The number of aliphatic hydroxyl groups is 12. The summed E-state index contributed by atoms with van der Waals surface area (Å²) in [5, 5.41) is 129. The van der Waals surface area contributed by atoms with E-state index >= 15 is 0 Å². The molecule has 9 fully saturated rings. The van der Waals surface area contributed by atoms with Crippen LogP contribution in [-0.4, -0.2) is 203 Å². The van der Waals surface area contributed by atoms with Crippen LogP contribution in [0.1, 0.15) is 106 Å². The van der Waals surface area contributed by atoms with E-state index < -0.39 is 151 Å². The van der Waals surface area contributed by atoms with Crippen molar-refractivity contribution in [3.8, 4) is 0 Å². The molecule has 9 aliphatic rings. The molecule has 26 atom stereocenters. The number of aliphatic hydroxyl groups excluding tert-OH is 12. The molecule has 0 aromatic carbocycles. The van der Waals surface area contributed by atoms with Gasteiger partial charge >= 0.3 is 0 Å². The molecule has 9 rings (SSSR count). The minimum atomic E-state index is -1.65. The lowest BCUT2D eigenvalue weighted by atomic mass is 9.41. The van der Waals surface area contributed by atoms with Gasteiger partial charge in [-0.2, -0.15) is 0 Å². The topological polar surface area (TPSA) is 307 Å². The van der Waals surface area contributed by atoms with Crippen LogP contribution in [0.2, 0.25) is 0 Å². The Morgan fingerprint density at radius 3 is 1.83 bits per heavy atom. The first-order valence-electron chi connectivity index (χ1n) is 24.4. The summed E-state index contributed by atoms with van der Waals surface area (Å²) in [5.41, 5.74) is -3.88. The van der Waals surface area contributed by atoms with Gasteiger partial charge in [-0.3, -0.25) is 0 Å². The summed E-state index contributed by atoms with van der Waals surface area (Å²) >= 11 is 0. The Morgan fingerprint density at radius 2 is 1.20 bits per heavy atom. The van der Waals surface area contributed by atoms with Crippen molar-refractivity contribution in [3.05, 3.63) is 0 Å². The van der Waals surface area contributed by atoms with Gasteiger partial charge in [0.15, 0.2) is 18.9 Å². The molecule has 12 N–H and O–H groups in total. The molecule has 66 heavy (non-hydrogen) atoms. The van der Waals surface area contributed by atoms with Crippen molar-refractivity contribution >= 4 is 0 Å². The normalized spacial score (nSPS) is 58.0. The van der Waals surface area contributed by atoms with Gasteiger partial charge in [-0.05, 0) is 117 Å². The van der Waals surface area contributed by atoms with E-state index in [9.17, 15) is 61.3 Å². The lowest BCUT2D eigenvalue weighted by Crippen LogP contribution is -2.65. The van der Waals surface area contributed by atoms with Gasteiger partial charge in [-0.1, -0.05) is 27.7 Å². The monoisotopic (exact) mass is 947 g/mol. The van der Waals surface area contributed by atoms with Gasteiger partial charge in [-0.15, -0.1) is 0 Å². The molecule has 0 radical (unpaired) electrons. The predicted molar refractivity (Wildman–Crippen MR) is 226 cm³/mol. The van der Waals surface area contributed by atoms with Gasteiger partial charge in [0.2, 0.25) is 0 Å². The summed E-state index contributed by atoms with van der Waals surface area (Å²) < 4.78 is 44.3. The van der Waals surface area contributed by atoms with E-state index in [4.69, 9.17) is 33.2 Å². The SMILES string of the molecule is CC(C)(O[C@H]1O[C@@H](CO)[C@H](O)[C@@H](O)[C@@H]1O)[C@@H]1CC[C@](C)([C@H]2[C@@H](O)C[C@@]3(C)[C@@H]4C[C@H](O[C@@H]5O[C@H](CO)[C@@H](O)[C@H](O)[C@@H]5O)[C@@H]5C(C)(C)[C@H](O[C@@H]6OC[C@@H](O)[C@@H](O)[C@@H]6O)CC[C@@]56C[C@@]46CC[C@]23C)O1. The van der Waals surface area contributed by atoms with Gasteiger partial charge < -0.3 is 94.4 Å². The van der Waals surface area contributed by atoms with E-state index in [1.165, 1.54) is 0 Å². The Balaban J connectivity index is 1.01. The van der Waals surface area contributed by atoms with Crippen LogP contribution in [0, 0.1) is 44.8 Å². The molecule has 5 saturated carbocycles. The highest BCUT2D eigenvalue weighted by atomic mass is 16.7. The number of hydrogen-bond acceptors (Lipinski definition) is 19. The van der Waals surface area contributed by atoms with E-state index in [1.54, 1.807) is 0 Å². The fourth-order valence-corrected chi connectivity index (χ4v) is 16.4. The van der Waals surface area contributed by atoms with Gasteiger partial charge in [0.1, 0.15) is 67.1 Å². The van der Waals surface area contributed by atoms with E-state index in [0.717, 1.165) is 25.7 Å². The lowest BCUT2D eigenvalue weighted by Gasteiger charge is -2.65. The van der Waals surface area contributed by atoms with Crippen LogP contribution in [0.3, 0.4) is 0 Å². The third kappa shape index (κ3) is 7.22. The van der Waals surface area contributed by atoms with Crippen LogP contribution in [-0.2, 0) is 33.2 Å². The van der Waals surface area contributed by atoms with Gasteiger partial charge in [-0.25, -0.2) is 0 Å². The second-order valence-electron chi connectivity index (χ2n) is 23.8. The Labute approximate surface area is 386 Å². The molecule has 0 aromatic rings. The Bertz CT molecular complexity index is 1770. The summed E-state index contributed by atoms with van der Waals surface area (Å²) in [5.74, 6) is -0.523. The standard InChI is InChI=1S/C47H78O19/c1-41(2)26(64-38-33(57)28(52)21(51)18-60-38)9-11-47-19-46(47)13-12-43(5)36(45(7)10-8-27(65-45)42(3,4)66-40-35(59)32(56)30(54)24(17-49)63-40)20(50)15-44(43,6)25(46)14-22(37(41)47)61-39-34(58)31(55)29(53)23(16-48)62-39/h20-40,48-59H,8-19H2,1-7H3/t20-,21+,22-,23+,24-,25-,26+,27-,28+,29+,30-,31-,32+,33-,34-,35-,36-,37+,38-,39+,40+,43+,44-,45+,46-,47+/m0/s1. The Kier molecular flexibility index (Phi) is 12.9. The molecule has 5 aliphatic carbocycles. The summed E-state index contributed by atoms with van der Waals surface area (Å²) in [6.07, 6.45) is -16.3. The summed E-state index contributed by atoms with van der Waals surface area (Å²) in [4.78, 5) is 0. The molecule has 19 nitrogen and oxygen atoms in total. The van der Waals surface area contributed by atoms with Crippen molar-refractivity contribution in [1.82, 2.24) is 0 Å². The molecule has 380 valence electrons. The minimum absolute atomic E-state index is 0.00898. The van der Waals surface area contributed by atoms with E-state index in [-0.39, 0.29) is 35.2 Å². The van der Waals surface area contributed by atoms with Gasteiger partial charge in [0, 0.05) is 5.92 Å². The van der Waals surface area contributed by atoms with Crippen molar-refractivity contribution in [2.75, 3.05) is 19.8 Å². The molecular formula is C47H78O19. The molecule has 4 aliphatic heterocycles. The summed E-state index contributed by atoms with van der Waals surface area (Å²) in [7, 11) is 0. The van der Waals surface area contributed by atoms with Crippen molar-refractivity contribution in [3.63, 3.8) is 0 Å². The highest BCUT2D eigenvalue weighted by molar-refractivity contribution is 5.33. The Morgan fingerprint density at radius 1 is 0.591 bits per heavy atom.